The third kappa shape index (κ3) is 8.13. The Bertz CT molecular complexity index is 1980. The molecule has 242 valence electrons. The number of anilines is 1. The number of amides is 2. The molecule has 5 aromatic rings. The van der Waals surface area contributed by atoms with E-state index in [0.717, 1.165) is 28.2 Å². The average Bonchev–Trinajstić information content (AvgIpc) is 3.29. The van der Waals surface area contributed by atoms with Crippen molar-refractivity contribution in [3.05, 3.63) is 118 Å². The number of benzene rings is 4. The number of fused-ring (bicyclic) bond motifs is 1. The summed E-state index contributed by atoms with van der Waals surface area (Å²) in [7, 11) is 0. The Kier molecular flexibility index (Phi) is 10.2. The predicted molar refractivity (Wildman–Crippen MR) is 176 cm³/mol. The van der Waals surface area contributed by atoms with E-state index in [1.807, 2.05) is 54.6 Å². The van der Waals surface area contributed by atoms with Crippen molar-refractivity contribution in [1.82, 2.24) is 4.57 Å². The van der Waals surface area contributed by atoms with Gasteiger partial charge in [-0.1, -0.05) is 59.2 Å². The van der Waals surface area contributed by atoms with Crippen molar-refractivity contribution in [3.8, 4) is 5.88 Å². The number of aromatic carboxylic acids is 1. The number of thioether (sulfide) groups is 1. The van der Waals surface area contributed by atoms with Crippen LogP contribution in [0, 0.1) is 6.92 Å². The topological polar surface area (TPSA) is 116 Å². The summed E-state index contributed by atoms with van der Waals surface area (Å²) in [6.07, 6.45) is -3.30. The molecule has 2 amide bonds. The van der Waals surface area contributed by atoms with E-state index < -0.39 is 23.7 Å². The van der Waals surface area contributed by atoms with Crippen LogP contribution < -0.4 is 5.32 Å². The maximum atomic E-state index is 13.0. The molecular weight excluding hydrogens is 653 g/mol. The number of azo groups is 1. The minimum absolute atomic E-state index is 0.0593. The first kappa shape index (κ1) is 33.6. The normalized spacial score (nSPS) is 11.8. The van der Waals surface area contributed by atoms with Crippen molar-refractivity contribution in [2.24, 2.45) is 10.2 Å². The Balaban J connectivity index is 1.38. The molecule has 4 aromatic carbocycles. The van der Waals surface area contributed by atoms with Crippen LogP contribution >= 0.6 is 23.4 Å². The number of aromatic hydroxyl groups is 1. The number of carbonyl (C=O) groups is 2. The number of aromatic nitrogens is 1. The van der Waals surface area contributed by atoms with E-state index in [1.54, 1.807) is 35.4 Å². The monoisotopic (exact) mass is 680 g/mol. The maximum absolute atomic E-state index is 13.0. The van der Waals surface area contributed by atoms with Crippen molar-refractivity contribution < 1.29 is 33.0 Å². The predicted octanol–water partition coefficient (Wildman–Crippen LogP) is 9.92. The van der Waals surface area contributed by atoms with Crippen molar-refractivity contribution in [2.45, 2.75) is 37.4 Å². The molecule has 47 heavy (non-hydrogen) atoms. The highest BCUT2D eigenvalue weighted by atomic mass is 35.5. The highest BCUT2D eigenvalue weighted by molar-refractivity contribution is 7.99. The zero-order valence-corrected chi connectivity index (χ0v) is 26.5. The molecule has 0 saturated carbocycles. The van der Waals surface area contributed by atoms with E-state index in [2.05, 4.69) is 15.5 Å². The Morgan fingerprint density at radius 1 is 0.957 bits per heavy atom. The standard InChI is InChI=1S/C34H28ClF3N4O4S/c1-20-17-22(7-10-25(20)32(44)45)14-16-47-24-9-12-29-26(19-24)30(31(43)42(29)15-13-21-5-3-2-4-6-21)40-41-33(46)39-28-11-8-23(18-27(28)35)34(36,37)38/h2-12,17-19,43H,13-16H2,1H3,(H,39,46)(H,44,45). The molecule has 0 aliphatic heterocycles. The van der Waals surface area contributed by atoms with Crippen LogP contribution in [-0.4, -0.2) is 32.5 Å². The second-order valence-electron chi connectivity index (χ2n) is 10.6. The van der Waals surface area contributed by atoms with Crippen molar-refractivity contribution in [2.75, 3.05) is 11.1 Å². The van der Waals surface area contributed by atoms with Gasteiger partial charge < -0.3 is 20.1 Å². The lowest BCUT2D eigenvalue weighted by molar-refractivity contribution is -0.137. The lowest BCUT2D eigenvalue weighted by atomic mass is 10.0. The zero-order chi connectivity index (χ0) is 33.7. The van der Waals surface area contributed by atoms with Gasteiger partial charge in [0.25, 0.3) is 0 Å². The third-order valence-electron chi connectivity index (χ3n) is 7.41. The van der Waals surface area contributed by atoms with E-state index >= 15 is 0 Å². The van der Waals surface area contributed by atoms with Crippen LogP contribution in [0.5, 0.6) is 5.88 Å². The third-order valence-corrected chi connectivity index (χ3v) is 8.72. The highest BCUT2D eigenvalue weighted by Gasteiger charge is 2.31. The molecule has 0 spiro atoms. The molecule has 0 bridgehead atoms. The second kappa shape index (κ2) is 14.3. The first-order chi connectivity index (χ1) is 22.4. The minimum Gasteiger partial charge on any atom is -0.493 e. The second-order valence-corrected chi connectivity index (χ2v) is 12.2. The lowest BCUT2D eigenvalue weighted by Crippen LogP contribution is -2.08. The molecule has 1 heterocycles. The SMILES string of the molecule is Cc1cc(CCSc2ccc3c(c2)c(N=NC(=O)Nc2ccc(C(F)(F)F)cc2Cl)c(O)n3CCc2ccccc2)ccc1C(=O)O. The van der Waals surface area contributed by atoms with Crippen LogP contribution in [0.25, 0.3) is 10.9 Å². The highest BCUT2D eigenvalue weighted by Crippen LogP contribution is 2.41. The van der Waals surface area contributed by atoms with Gasteiger partial charge >= 0.3 is 18.2 Å². The van der Waals surface area contributed by atoms with Gasteiger partial charge in [-0.2, -0.15) is 13.2 Å². The Morgan fingerprint density at radius 2 is 1.72 bits per heavy atom. The summed E-state index contributed by atoms with van der Waals surface area (Å²) in [5.74, 6) is -0.480. The van der Waals surface area contributed by atoms with Gasteiger partial charge in [0.15, 0.2) is 5.69 Å². The number of nitrogens with zero attached hydrogens (tertiary/aromatic N) is 3. The summed E-state index contributed by atoms with van der Waals surface area (Å²) in [6.45, 7) is 2.17. The molecular formula is C34H28ClF3N4O4S. The van der Waals surface area contributed by atoms with E-state index in [1.165, 1.54) is 0 Å². The first-order valence-corrected chi connectivity index (χ1v) is 15.7. The maximum Gasteiger partial charge on any atom is 0.416 e. The molecule has 0 saturated heterocycles. The van der Waals surface area contributed by atoms with Gasteiger partial charge in [0, 0.05) is 22.6 Å². The number of carboxylic acids is 1. The number of halogens is 4. The van der Waals surface area contributed by atoms with Crippen molar-refractivity contribution >= 4 is 57.6 Å². The summed E-state index contributed by atoms with van der Waals surface area (Å²) in [6, 6.07) is 22.1. The summed E-state index contributed by atoms with van der Waals surface area (Å²) >= 11 is 7.52. The van der Waals surface area contributed by atoms with Crippen LogP contribution in [0.4, 0.5) is 29.3 Å². The molecule has 0 unspecified atom stereocenters. The van der Waals surface area contributed by atoms with Crippen LogP contribution in [0.3, 0.4) is 0 Å². The molecule has 0 aliphatic carbocycles. The van der Waals surface area contributed by atoms with Gasteiger partial charge in [-0.15, -0.1) is 16.9 Å². The molecule has 13 heteroatoms. The molecule has 1 aromatic heterocycles. The molecule has 0 atom stereocenters. The van der Waals surface area contributed by atoms with Gasteiger partial charge in [0.05, 0.1) is 27.4 Å². The number of carbonyl (C=O) groups excluding carboxylic acids is 1. The van der Waals surface area contributed by atoms with Crippen LogP contribution in [-0.2, 0) is 25.6 Å². The quantitative estimate of drug-likeness (QED) is 0.100. The Morgan fingerprint density at radius 3 is 2.40 bits per heavy atom. The van der Waals surface area contributed by atoms with Gasteiger partial charge in [0.1, 0.15) is 0 Å². The molecule has 8 nitrogen and oxygen atoms in total. The van der Waals surface area contributed by atoms with Gasteiger partial charge in [-0.25, -0.2) is 9.59 Å². The van der Waals surface area contributed by atoms with E-state index in [4.69, 9.17) is 11.6 Å². The number of nitrogens with one attached hydrogen (secondary N) is 1. The number of alkyl halides is 3. The van der Waals surface area contributed by atoms with Gasteiger partial charge in [-0.05, 0) is 78.9 Å². The van der Waals surface area contributed by atoms with E-state index in [0.29, 0.717) is 47.7 Å². The van der Waals surface area contributed by atoms with Crippen LogP contribution in [0.1, 0.15) is 32.6 Å². The fourth-order valence-corrected chi connectivity index (χ4v) is 6.21. The smallest absolute Gasteiger partial charge is 0.416 e. The fraction of sp³-hybridized carbons (Fsp3) is 0.176. The van der Waals surface area contributed by atoms with E-state index in [9.17, 15) is 33.0 Å². The minimum atomic E-state index is -4.60. The van der Waals surface area contributed by atoms with Crippen molar-refractivity contribution in [1.29, 1.82) is 0 Å². The van der Waals surface area contributed by atoms with Crippen LogP contribution in [0.2, 0.25) is 5.02 Å². The number of hydrogen-bond donors (Lipinski definition) is 3. The number of hydrogen-bond acceptors (Lipinski definition) is 5. The first-order valence-electron chi connectivity index (χ1n) is 14.3. The molecule has 0 aliphatic rings. The summed E-state index contributed by atoms with van der Waals surface area (Å²) in [5, 5.41) is 30.8. The molecule has 5 rings (SSSR count). The molecule has 3 N–H and O–H groups in total. The number of carboxylic acid groups (broad SMARTS) is 1. The summed E-state index contributed by atoms with van der Waals surface area (Å²) in [5.41, 5.74) is 2.70. The number of aryl methyl sites for hydroxylation is 4. The largest absolute Gasteiger partial charge is 0.493 e. The molecule has 0 radical (unpaired) electrons. The van der Waals surface area contributed by atoms with Gasteiger partial charge in [0.2, 0.25) is 5.88 Å². The lowest BCUT2D eigenvalue weighted by Gasteiger charge is -2.09. The Hall–Kier alpha value is -4.81. The number of rotatable bonds is 10. The van der Waals surface area contributed by atoms with Crippen LogP contribution in [0.15, 0.2) is 100 Å². The average molecular weight is 681 g/mol. The number of urea groups is 1. The van der Waals surface area contributed by atoms with E-state index in [-0.39, 0.29) is 27.8 Å². The zero-order valence-electron chi connectivity index (χ0n) is 24.9. The summed E-state index contributed by atoms with van der Waals surface area (Å²) in [4.78, 5) is 24.8. The van der Waals surface area contributed by atoms with Gasteiger partial charge in [-0.3, -0.25) is 0 Å². The molecule has 0 fully saturated rings. The fourth-order valence-electron chi connectivity index (χ4n) is 5.04. The Labute approximate surface area is 276 Å². The summed E-state index contributed by atoms with van der Waals surface area (Å²) < 4.78 is 40.7. The van der Waals surface area contributed by atoms with Crippen molar-refractivity contribution in [3.63, 3.8) is 0 Å².